The Labute approximate surface area is 137 Å². The third-order valence-corrected chi connectivity index (χ3v) is 4.66. The van der Waals surface area contributed by atoms with Crippen molar-refractivity contribution < 1.29 is 14.1 Å². The molecule has 0 aromatic carbocycles. The van der Waals surface area contributed by atoms with Crippen molar-refractivity contribution in [3.8, 4) is 0 Å². The zero-order valence-electron chi connectivity index (χ0n) is 13.9. The van der Waals surface area contributed by atoms with Crippen LogP contribution in [0.5, 0.6) is 0 Å². The van der Waals surface area contributed by atoms with Gasteiger partial charge in [0.2, 0.25) is 11.8 Å². The van der Waals surface area contributed by atoms with Crippen LogP contribution in [0.2, 0.25) is 0 Å². The van der Waals surface area contributed by atoms with E-state index in [1.165, 1.54) is 0 Å². The first-order chi connectivity index (χ1) is 11.3. The first-order valence-corrected chi connectivity index (χ1v) is 8.66. The average molecular weight is 322 g/mol. The van der Waals surface area contributed by atoms with Gasteiger partial charge in [-0.3, -0.25) is 9.69 Å². The lowest BCUT2D eigenvalue weighted by molar-refractivity contribution is -0.134. The van der Waals surface area contributed by atoms with Gasteiger partial charge in [0.1, 0.15) is 0 Å². The summed E-state index contributed by atoms with van der Waals surface area (Å²) < 4.78 is 10.7. The molecule has 1 atom stereocenters. The summed E-state index contributed by atoms with van der Waals surface area (Å²) in [5, 5.41) is 3.97. The van der Waals surface area contributed by atoms with Crippen molar-refractivity contribution in [2.45, 2.75) is 38.5 Å². The molecule has 23 heavy (non-hydrogen) atoms. The molecule has 1 aromatic rings. The summed E-state index contributed by atoms with van der Waals surface area (Å²) in [4.78, 5) is 20.9. The number of carbonyl (C=O) groups is 1. The van der Waals surface area contributed by atoms with Gasteiger partial charge in [0.05, 0.1) is 19.1 Å². The van der Waals surface area contributed by atoms with Gasteiger partial charge in [-0.2, -0.15) is 4.98 Å². The molecule has 3 heterocycles. The van der Waals surface area contributed by atoms with E-state index in [1.54, 1.807) is 0 Å². The summed E-state index contributed by atoms with van der Waals surface area (Å²) in [5.74, 6) is 1.87. The number of amides is 1. The number of likely N-dealkylation sites (tertiary alicyclic amines) is 1. The molecule has 7 nitrogen and oxygen atoms in total. The van der Waals surface area contributed by atoms with Gasteiger partial charge >= 0.3 is 0 Å². The summed E-state index contributed by atoms with van der Waals surface area (Å²) in [7, 11) is 0. The zero-order valence-corrected chi connectivity index (χ0v) is 13.9. The highest BCUT2D eigenvalue weighted by atomic mass is 16.5. The quantitative estimate of drug-likeness (QED) is 0.780. The molecule has 2 saturated heterocycles. The Hall–Kier alpha value is -1.47. The van der Waals surface area contributed by atoms with Crippen molar-refractivity contribution in [2.75, 3.05) is 45.9 Å². The highest BCUT2D eigenvalue weighted by Crippen LogP contribution is 2.26. The second-order valence-corrected chi connectivity index (χ2v) is 6.29. The normalized spacial score (nSPS) is 23.4. The number of rotatable bonds is 6. The second-order valence-electron chi connectivity index (χ2n) is 6.29. The Morgan fingerprint density at radius 1 is 1.26 bits per heavy atom. The zero-order chi connectivity index (χ0) is 16.1. The molecule has 1 aromatic heterocycles. The van der Waals surface area contributed by atoms with E-state index >= 15 is 0 Å². The van der Waals surface area contributed by atoms with Crippen LogP contribution in [0.4, 0.5) is 0 Å². The first-order valence-electron chi connectivity index (χ1n) is 8.66. The predicted octanol–water partition coefficient (Wildman–Crippen LogP) is 1.06. The fraction of sp³-hybridized carbons (Fsp3) is 0.812. The van der Waals surface area contributed by atoms with Crippen LogP contribution < -0.4 is 0 Å². The number of ether oxygens (including phenoxy) is 1. The first kappa shape index (κ1) is 16.4. The SMILES string of the molecule is CCc1noc(C2CCC(=O)N(CCCN3CCOCC3)C2)n1. The van der Waals surface area contributed by atoms with Gasteiger partial charge in [-0.05, 0) is 12.8 Å². The maximum Gasteiger partial charge on any atom is 0.231 e. The number of morpholine rings is 1. The molecular weight excluding hydrogens is 296 g/mol. The van der Waals surface area contributed by atoms with E-state index in [1.807, 2.05) is 11.8 Å². The molecule has 0 radical (unpaired) electrons. The van der Waals surface area contributed by atoms with E-state index in [2.05, 4.69) is 15.0 Å². The van der Waals surface area contributed by atoms with Crippen LogP contribution in [0.25, 0.3) is 0 Å². The van der Waals surface area contributed by atoms with Crippen molar-refractivity contribution >= 4 is 5.91 Å². The number of aryl methyl sites for hydroxylation is 1. The number of carbonyl (C=O) groups excluding carboxylic acids is 1. The molecule has 2 fully saturated rings. The Balaban J connectivity index is 1.48. The molecule has 0 N–H and O–H groups in total. The molecule has 3 rings (SSSR count). The number of piperidine rings is 1. The van der Waals surface area contributed by atoms with Crippen LogP contribution in [-0.4, -0.2) is 71.8 Å². The van der Waals surface area contributed by atoms with Gasteiger partial charge in [0.25, 0.3) is 0 Å². The number of hydrogen-bond acceptors (Lipinski definition) is 6. The van der Waals surface area contributed by atoms with Crippen LogP contribution in [-0.2, 0) is 16.0 Å². The fourth-order valence-electron chi connectivity index (χ4n) is 3.22. The minimum atomic E-state index is 0.184. The Morgan fingerprint density at radius 2 is 2.09 bits per heavy atom. The monoisotopic (exact) mass is 322 g/mol. The van der Waals surface area contributed by atoms with Crippen LogP contribution in [0.1, 0.15) is 43.8 Å². The third-order valence-electron chi connectivity index (χ3n) is 4.66. The van der Waals surface area contributed by atoms with Crippen molar-refractivity contribution in [2.24, 2.45) is 0 Å². The summed E-state index contributed by atoms with van der Waals surface area (Å²) in [6.07, 6.45) is 3.16. The predicted molar refractivity (Wildman–Crippen MR) is 84.1 cm³/mol. The van der Waals surface area contributed by atoms with Gasteiger partial charge in [-0.1, -0.05) is 12.1 Å². The minimum absolute atomic E-state index is 0.184. The molecule has 2 aliphatic rings. The number of aromatic nitrogens is 2. The molecule has 2 aliphatic heterocycles. The van der Waals surface area contributed by atoms with Crippen LogP contribution in [0.15, 0.2) is 4.52 Å². The van der Waals surface area contributed by atoms with Crippen molar-refractivity contribution in [1.29, 1.82) is 0 Å². The Bertz CT molecular complexity index is 513. The lowest BCUT2D eigenvalue weighted by atomic mass is 9.97. The maximum atomic E-state index is 12.1. The Morgan fingerprint density at radius 3 is 2.83 bits per heavy atom. The van der Waals surface area contributed by atoms with E-state index in [-0.39, 0.29) is 11.8 Å². The molecule has 128 valence electrons. The average Bonchev–Trinajstić information content (AvgIpc) is 3.07. The molecule has 7 heteroatoms. The van der Waals surface area contributed by atoms with Crippen molar-refractivity contribution in [3.63, 3.8) is 0 Å². The minimum Gasteiger partial charge on any atom is -0.379 e. The topological polar surface area (TPSA) is 71.7 Å². The highest BCUT2D eigenvalue weighted by molar-refractivity contribution is 5.77. The molecule has 1 amide bonds. The molecule has 0 spiro atoms. The van der Waals surface area contributed by atoms with E-state index in [4.69, 9.17) is 9.26 Å². The van der Waals surface area contributed by atoms with Crippen molar-refractivity contribution in [3.05, 3.63) is 11.7 Å². The van der Waals surface area contributed by atoms with Crippen LogP contribution in [0, 0.1) is 0 Å². The molecule has 0 bridgehead atoms. The van der Waals surface area contributed by atoms with E-state index < -0.39 is 0 Å². The lowest BCUT2D eigenvalue weighted by Gasteiger charge is -2.32. The van der Waals surface area contributed by atoms with Gasteiger partial charge < -0.3 is 14.2 Å². The summed E-state index contributed by atoms with van der Waals surface area (Å²) in [5.41, 5.74) is 0. The smallest absolute Gasteiger partial charge is 0.231 e. The molecule has 1 unspecified atom stereocenters. The molecule has 0 aliphatic carbocycles. The van der Waals surface area contributed by atoms with E-state index in [9.17, 15) is 4.79 Å². The molecular formula is C16H26N4O3. The van der Waals surface area contributed by atoms with E-state index in [0.29, 0.717) is 18.9 Å². The maximum absolute atomic E-state index is 12.1. The lowest BCUT2D eigenvalue weighted by Crippen LogP contribution is -2.42. The van der Waals surface area contributed by atoms with Crippen molar-refractivity contribution in [1.82, 2.24) is 19.9 Å². The van der Waals surface area contributed by atoms with Crippen LogP contribution in [0.3, 0.4) is 0 Å². The number of hydrogen-bond donors (Lipinski definition) is 0. The molecule has 0 saturated carbocycles. The van der Waals surface area contributed by atoms with Gasteiger partial charge in [0, 0.05) is 45.6 Å². The van der Waals surface area contributed by atoms with Gasteiger partial charge in [-0.25, -0.2) is 0 Å². The summed E-state index contributed by atoms with van der Waals surface area (Å²) in [6, 6.07) is 0. The summed E-state index contributed by atoms with van der Waals surface area (Å²) >= 11 is 0. The standard InChI is InChI=1S/C16H26N4O3/c1-2-14-17-16(23-18-14)13-4-5-15(21)20(12-13)7-3-6-19-8-10-22-11-9-19/h13H,2-12H2,1H3. The largest absolute Gasteiger partial charge is 0.379 e. The van der Waals surface area contributed by atoms with E-state index in [0.717, 1.165) is 64.5 Å². The van der Waals surface area contributed by atoms with Crippen LogP contribution >= 0.6 is 0 Å². The summed E-state index contributed by atoms with van der Waals surface area (Å²) in [6.45, 7) is 8.18. The highest BCUT2D eigenvalue weighted by Gasteiger charge is 2.30. The number of nitrogens with zero attached hydrogens (tertiary/aromatic N) is 4. The Kier molecular flexibility index (Phi) is 5.61. The van der Waals surface area contributed by atoms with Gasteiger partial charge in [0.15, 0.2) is 5.82 Å². The third kappa shape index (κ3) is 4.29. The second kappa shape index (κ2) is 7.88. The fourth-order valence-corrected chi connectivity index (χ4v) is 3.22. The van der Waals surface area contributed by atoms with Gasteiger partial charge in [-0.15, -0.1) is 0 Å².